The molecular weight excluding hydrogens is 248 g/mol. The number of aliphatic imine (C=N–C) groups is 1. The third-order valence-electron chi connectivity index (χ3n) is 2.25. The number of ether oxygens (including phenoxy) is 1. The molecule has 0 spiro atoms. The molecule has 1 heterocycles. The van der Waals surface area contributed by atoms with E-state index in [9.17, 15) is 14.4 Å². The van der Waals surface area contributed by atoms with E-state index in [0.717, 1.165) is 25.8 Å². The lowest BCUT2D eigenvalue weighted by atomic mass is 10.2. The molecule has 0 aliphatic carbocycles. The largest absolute Gasteiger partial charge is 0.460 e. The van der Waals surface area contributed by atoms with Crippen LogP contribution in [0.3, 0.4) is 0 Å². The van der Waals surface area contributed by atoms with Crippen LogP contribution >= 0.6 is 0 Å². The molecule has 1 aliphatic rings. The Hall–Kier alpha value is -1.94. The molecule has 0 saturated carbocycles. The zero-order valence-electron chi connectivity index (χ0n) is 11.2. The highest BCUT2D eigenvalue weighted by Crippen LogP contribution is 2.02. The number of hydrogen-bond donors (Lipinski definition) is 1. The summed E-state index contributed by atoms with van der Waals surface area (Å²) in [4.78, 5) is 33.9. The van der Waals surface area contributed by atoms with E-state index in [0.29, 0.717) is 5.57 Å². The number of carbonyl (C=O) groups is 2. The Morgan fingerprint density at radius 3 is 2.84 bits per heavy atom. The highest BCUT2D eigenvalue weighted by molar-refractivity contribution is 5.86. The average molecular weight is 268 g/mol. The van der Waals surface area contributed by atoms with Gasteiger partial charge in [0.2, 0.25) is 12.0 Å². The van der Waals surface area contributed by atoms with Gasteiger partial charge in [0.15, 0.2) is 0 Å². The molecule has 1 amide bonds. The minimum atomic E-state index is -0.467. The second-order valence-corrected chi connectivity index (χ2v) is 4.05. The van der Waals surface area contributed by atoms with Crippen molar-refractivity contribution in [2.45, 2.75) is 32.6 Å². The lowest BCUT2D eigenvalue weighted by Crippen LogP contribution is -2.21. The lowest BCUT2D eigenvalue weighted by molar-refractivity contribution is -0.138. The summed E-state index contributed by atoms with van der Waals surface area (Å²) < 4.78 is 4.59. The van der Waals surface area contributed by atoms with Crippen LogP contribution < -0.4 is 5.32 Å². The molecule has 0 aromatic carbocycles. The molecule has 0 radical (unpaired) electrons. The molecule has 0 aromatic heterocycles. The van der Waals surface area contributed by atoms with Crippen molar-refractivity contribution in [1.82, 2.24) is 5.32 Å². The Kier molecular flexibility index (Phi) is 10.0. The van der Waals surface area contributed by atoms with Crippen LogP contribution in [0.5, 0.6) is 0 Å². The zero-order valence-corrected chi connectivity index (χ0v) is 11.2. The molecule has 1 aliphatic heterocycles. The zero-order chi connectivity index (χ0) is 14.5. The average Bonchev–Trinajstić information content (AvgIpc) is 2.63. The minimum Gasteiger partial charge on any atom is -0.460 e. The number of esters is 1. The first-order valence-electron chi connectivity index (χ1n) is 6.21. The van der Waals surface area contributed by atoms with Gasteiger partial charge in [-0.3, -0.25) is 4.79 Å². The molecule has 1 saturated heterocycles. The quantitative estimate of drug-likeness (QED) is 0.272. The SMILES string of the molecule is C=C(C)C(=O)OCCN=C=O.O=C1CCCCCN1. The summed E-state index contributed by atoms with van der Waals surface area (Å²) >= 11 is 0. The molecule has 0 atom stereocenters. The van der Waals surface area contributed by atoms with E-state index in [1.54, 1.807) is 6.92 Å². The first kappa shape index (κ1) is 17.1. The minimum absolute atomic E-state index is 0.0981. The Balaban J connectivity index is 0.000000356. The number of amides is 1. The van der Waals surface area contributed by atoms with Gasteiger partial charge in [-0.15, -0.1) is 0 Å². The number of isocyanates is 1. The van der Waals surface area contributed by atoms with E-state index in [1.165, 1.54) is 12.5 Å². The Bertz CT molecular complexity index is 350. The van der Waals surface area contributed by atoms with Gasteiger partial charge in [-0.05, 0) is 19.8 Å². The second kappa shape index (κ2) is 11.2. The van der Waals surface area contributed by atoms with Crippen LogP contribution in [0, 0.1) is 0 Å². The van der Waals surface area contributed by atoms with E-state index < -0.39 is 5.97 Å². The highest BCUT2D eigenvalue weighted by atomic mass is 16.5. The number of nitrogens with one attached hydrogen (secondary N) is 1. The van der Waals surface area contributed by atoms with Crippen LogP contribution in [0.15, 0.2) is 17.1 Å². The summed E-state index contributed by atoms with van der Waals surface area (Å²) in [6.07, 6.45) is 5.51. The Morgan fingerprint density at radius 2 is 2.21 bits per heavy atom. The van der Waals surface area contributed by atoms with Gasteiger partial charge in [-0.25, -0.2) is 14.6 Å². The summed E-state index contributed by atoms with van der Waals surface area (Å²) in [6, 6.07) is 0. The molecule has 106 valence electrons. The van der Waals surface area contributed by atoms with Crippen molar-refractivity contribution in [2.24, 2.45) is 4.99 Å². The van der Waals surface area contributed by atoms with Crippen molar-refractivity contribution in [1.29, 1.82) is 0 Å². The smallest absolute Gasteiger partial charge is 0.333 e. The van der Waals surface area contributed by atoms with Gasteiger partial charge in [0, 0.05) is 18.5 Å². The summed E-state index contributed by atoms with van der Waals surface area (Å²) in [7, 11) is 0. The Labute approximate surface area is 112 Å². The van der Waals surface area contributed by atoms with Crippen molar-refractivity contribution >= 4 is 18.0 Å². The predicted octanol–water partition coefficient (Wildman–Crippen LogP) is 1.12. The van der Waals surface area contributed by atoms with Crippen LogP contribution in [0.1, 0.15) is 32.6 Å². The van der Waals surface area contributed by atoms with E-state index in [4.69, 9.17) is 0 Å². The molecular formula is C13H20N2O4. The van der Waals surface area contributed by atoms with E-state index >= 15 is 0 Å². The summed E-state index contributed by atoms with van der Waals surface area (Å²) in [5.41, 5.74) is 0.333. The maximum atomic E-state index is 10.6. The maximum absolute atomic E-state index is 10.6. The monoisotopic (exact) mass is 268 g/mol. The molecule has 1 rings (SSSR count). The normalized spacial score (nSPS) is 13.8. The third-order valence-corrected chi connectivity index (χ3v) is 2.25. The maximum Gasteiger partial charge on any atom is 0.333 e. The van der Waals surface area contributed by atoms with Gasteiger partial charge in [0.1, 0.15) is 6.61 Å². The number of nitrogens with zero attached hydrogens (tertiary/aromatic N) is 1. The molecule has 0 unspecified atom stereocenters. The molecule has 6 heteroatoms. The second-order valence-electron chi connectivity index (χ2n) is 4.05. The first-order valence-corrected chi connectivity index (χ1v) is 6.21. The van der Waals surface area contributed by atoms with Crippen LogP contribution in [0.4, 0.5) is 0 Å². The first-order chi connectivity index (χ1) is 9.07. The van der Waals surface area contributed by atoms with Crippen molar-refractivity contribution < 1.29 is 19.1 Å². The molecule has 19 heavy (non-hydrogen) atoms. The van der Waals surface area contributed by atoms with Gasteiger partial charge >= 0.3 is 5.97 Å². The van der Waals surface area contributed by atoms with Gasteiger partial charge in [0.25, 0.3) is 0 Å². The van der Waals surface area contributed by atoms with Crippen LogP contribution in [-0.2, 0) is 19.1 Å². The van der Waals surface area contributed by atoms with E-state index in [-0.39, 0.29) is 19.1 Å². The lowest BCUT2D eigenvalue weighted by Gasteiger charge is -1.99. The predicted molar refractivity (Wildman–Crippen MR) is 70.2 cm³/mol. The van der Waals surface area contributed by atoms with Crippen molar-refractivity contribution in [3.8, 4) is 0 Å². The summed E-state index contributed by atoms with van der Waals surface area (Å²) in [5, 5.41) is 2.81. The van der Waals surface area contributed by atoms with Crippen molar-refractivity contribution in [3.05, 3.63) is 12.2 Å². The number of hydrogen-bond acceptors (Lipinski definition) is 5. The van der Waals surface area contributed by atoms with Gasteiger partial charge < -0.3 is 10.1 Å². The number of carbonyl (C=O) groups excluding carboxylic acids is 3. The standard InChI is InChI=1S/C7H9NO3.C6H11NO/c1-6(2)7(10)11-4-3-8-5-9;8-6-4-2-1-3-5-7-6/h1,3-4H2,2H3;1-5H2,(H,7,8). The van der Waals surface area contributed by atoms with E-state index in [1.807, 2.05) is 0 Å². The van der Waals surface area contributed by atoms with E-state index in [2.05, 4.69) is 21.6 Å². The fourth-order valence-electron chi connectivity index (χ4n) is 1.26. The third kappa shape index (κ3) is 10.9. The molecule has 6 nitrogen and oxygen atoms in total. The highest BCUT2D eigenvalue weighted by Gasteiger charge is 2.03. The fraction of sp³-hybridized carbons (Fsp3) is 0.615. The Morgan fingerprint density at radius 1 is 1.47 bits per heavy atom. The van der Waals surface area contributed by atoms with Crippen LogP contribution in [-0.4, -0.2) is 37.7 Å². The van der Waals surface area contributed by atoms with Crippen LogP contribution in [0.2, 0.25) is 0 Å². The van der Waals surface area contributed by atoms with Crippen molar-refractivity contribution in [3.63, 3.8) is 0 Å². The van der Waals surface area contributed by atoms with Gasteiger partial charge in [0.05, 0.1) is 6.54 Å². The summed E-state index contributed by atoms with van der Waals surface area (Å²) in [6.45, 7) is 6.06. The molecule has 0 aromatic rings. The molecule has 1 N–H and O–H groups in total. The van der Waals surface area contributed by atoms with Crippen LogP contribution in [0.25, 0.3) is 0 Å². The van der Waals surface area contributed by atoms with Gasteiger partial charge in [-0.1, -0.05) is 13.0 Å². The number of rotatable bonds is 4. The topological polar surface area (TPSA) is 84.8 Å². The fourth-order valence-corrected chi connectivity index (χ4v) is 1.26. The van der Waals surface area contributed by atoms with Gasteiger partial charge in [-0.2, -0.15) is 0 Å². The summed E-state index contributed by atoms with van der Waals surface area (Å²) in [5.74, 6) is -0.242. The molecule has 1 fully saturated rings. The molecule has 0 bridgehead atoms. The van der Waals surface area contributed by atoms with Crippen molar-refractivity contribution in [2.75, 3.05) is 19.7 Å².